The predicted octanol–water partition coefficient (Wildman–Crippen LogP) is 2.27. The van der Waals surface area contributed by atoms with Crippen LogP contribution in [0.25, 0.3) is 5.70 Å². The van der Waals surface area contributed by atoms with Gasteiger partial charge in [-0.15, -0.1) is 11.8 Å². The maximum Gasteiger partial charge on any atom is 0.0930 e. The molecular formula is C14H18N2OS. The molecule has 3 N–H and O–H groups in total. The fourth-order valence-corrected chi connectivity index (χ4v) is 2.90. The van der Waals surface area contributed by atoms with Crippen LogP contribution < -0.4 is 5.73 Å². The Morgan fingerprint density at radius 3 is 2.67 bits per heavy atom. The standard InChI is InChI=1S/C14H18N2OS/c1-14(2,17)12-9-18-13(16-12)8-11(15)10-6-4-3-5-7-10/h3-8,12,17H,9,15H2,1-2H3/t12-/m0/s1. The van der Waals surface area contributed by atoms with Crippen molar-refractivity contribution in [3.05, 3.63) is 42.0 Å². The van der Waals surface area contributed by atoms with Gasteiger partial charge in [-0.1, -0.05) is 30.3 Å². The molecular weight excluding hydrogens is 244 g/mol. The summed E-state index contributed by atoms with van der Waals surface area (Å²) in [5.74, 6) is 0.803. The SMILES string of the molecule is CC(C)(O)[C@@H]1CSC(C=C(N)c2ccccc2)=N1. The highest BCUT2D eigenvalue weighted by Crippen LogP contribution is 2.27. The van der Waals surface area contributed by atoms with Crippen LogP contribution >= 0.6 is 11.8 Å². The van der Waals surface area contributed by atoms with Crippen LogP contribution in [0.15, 0.2) is 41.4 Å². The second kappa shape index (κ2) is 5.16. The maximum absolute atomic E-state index is 9.91. The molecule has 1 aromatic rings. The van der Waals surface area contributed by atoms with E-state index in [2.05, 4.69) is 4.99 Å². The average Bonchev–Trinajstić information content (AvgIpc) is 2.78. The van der Waals surface area contributed by atoms with Crippen molar-refractivity contribution in [2.45, 2.75) is 25.5 Å². The molecule has 0 unspecified atom stereocenters. The van der Waals surface area contributed by atoms with Gasteiger partial charge >= 0.3 is 0 Å². The van der Waals surface area contributed by atoms with Crippen molar-refractivity contribution < 1.29 is 5.11 Å². The Bertz CT molecular complexity index is 474. The van der Waals surface area contributed by atoms with Gasteiger partial charge in [0.15, 0.2) is 0 Å². The van der Waals surface area contributed by atoms with Gasteiger partial charge in [-0.25, -0.2) is 0 Å². The molecule has 0 spiro atoms. The molecule has 1 aromatic carbocycles. The Morgan fingerprint density at radius 2 is 2.11 bits per heavy atom. The summed E-state index contributed by atoms with van der Waals surface area (Å²) in [7, 11) is 0. The summed E-state index contributed by atoms with van der Waals surface area (Å²) in [5, 5.41) is 10.8. The lowest BCUT2D eigenvalue weighted by Gasteiger charge is -2.21. The van der Waals surface area contributed by atoms with Crippen molar-refractivity contribution >= 4 is 22.5 Å². The first kappa shape index (κ1) is 13.2. The van der Waals surface area contributed by atoms with Crippen LogP contribution in [-0.2, 0) is 0 Å². The molecule has 0 fully saturated rings. The minimum absolute atomic E-state index is 0.0580. The van der Waals surface area contributed by atoms with E-state index in [1.54, 1.807) is 25.6 Å². The van der Waals surface area contributed by atoms with Gasteiger partial charge in [0.2, 0.25) is 0 Å². The Morgan fingerprint density at radius 1 is 1.44 bits per heavy atom. The Balaban J connectivity index is 2.15. The highest BCUT2D eigenvalue weighted by atomic mass is 32.2. The number of hydrogen-bond donors (Lipinski definition) is 2. The van der Waals surface area contributed by atoms with Gasteiger partial charge in [0.1, 0.15) is 0 Å². The van der Waals surface area contributed by atoms with Gasteiger partial charge in [0.25, 0.3) is 0 Å². The van der Waals surface area contributed by atoms with E-state index < -0.39 is 5.60 Å². The van der Waals surface area contributed by atoms with Crippen molar-refractivity contribution in [1.29, 1.82) is 0 Å². The van der Waals surface area contributed by atoms with Crippen LogP contribution in [0.2, 0.25) is 0 Å². The molecule has 0 aliphatic carbocycles. The zero-order valence-corrected chi connectivity index (χ0v) is 11.4. The summed E-state index contributed by atoms with van der Waals surface area (Å²) in [6, 6.07) is 9.76. The summed E-state index contributed by atoms with van der Waals surface area (Å²) in [5.41, 5.74) is 6.96. The van der Waals surface area contributed by atoms with Crippen molar-refractivity contribution in [1.82, 2.24) is 0 Å². The van der Waals surface area contributed by atoms with Crippen LogP contribution in [0.1, 0.15) is 19.4 Å². The smallest absolute Gasteiger partial charge is 0.0930 e. The Hall–Kier alpha value is -1.26. The quantitative estimate of drug-likeness (QED) is 0.878. The summed E-state index contributed by atoms with van der Waals surface area (Å²) in [4.78, 5) is 4.50. The van der Waals surface area contributed by atoms with E-state index in [4.69, 9.17) is 5.73 Å². The van der Waals surface area contributed by atoms with E-state index in [0.29, 0.717) is 5.70 Å². The normalized spacial score (nSPS) is 20.9. The third kappa shape index (κ3) is 3.15. The van der Waals surface area contributed by atoms with Gasteiger partial charge in [0, 0.05) is 11.4 Å². The molecule has 1 atom stereocenters. The molecule has 1 heterocycles. The minimum Gasteiger partial charge on any atom is -0.398 e. The van der Waals surface area contributed by atoms with Crippen LogP contribution in [0.3, 0.4) is 0 Å². The topological polar surface area (TPSA) is 58.6 Å². The first-order valence-electron chi connectivity index (χ1n) is 5.92. The number of hydrogen-bond acceptors (Lipinski definition) is 4. The molecule has 1 aliphatic rings. The van der Waals surface area contributed by atoms with Gasteiger partial charge < -0.3 is 10.8 Å². The van der Waals surface area contributed by atoms with Crippen LogP contribution in [0, 0.1) is 0 Å². The number of nitrogens with two attached hydrogens (primary N) is 1. The van der Waals surface area contributed by atoms with E-state index in [1.165, 1.54) is 0 Å². The van der Waals surface area contributed by atoms with E-state index in [-0.39, 0.29) is 6.04 Å². The minimum atomic E-state index is -0.774. The molecule has 0 saturated carbocycles. The number of rotatable bonds is 3. The molecule has 0 radical (unpaired) electrons. The lowest BCUT2D eigenvalue weighted by molar-refractivity contribution is 0.0614. The highest BCUT2D eigenvalue weighted by molar-refractivity contribution is 8.14. The van der Waals surface area contributed by atoms with Gasteiger partial charge in [-0.3, -0.25) is 4.99 Å². The van der Waals surface area contributed by atoms with E-state index >= 15 is 0 Å². The number of aliphatic hydroxyl groups is 1. The van der Waals surface area contributed by atoms with Crippen LogP contribution in [0.5, 0.6) is 0 Å². The summed E-state index contributed by atoms with van der Waals surface area (Å²) >= 11 is 1.63. The fraction of sp³-hybridized carbons (Fsp3) is 0.357. The Kier molecular flexibility index (Phi) is 3.78. The second-order valence-corrected chi connectivity index (χ2v) is 5.95. The first-order chi connectivity index (χ1) is 8.47. The maximum atomic E-state index is 9.91. The molecule has 1 aliphatic heterocycles. The lowest BCUT2D eigenvalue weighted by atomic mass is 10.0. The first-order valence-corrected chi connectivity index (χ1v) is 6.91. The summed E-state index contributed by atoms with van der Waals surface area (Å²) in [6.07, 6.45) is 1.88. The molecule has 4 heteroatoms. The second-order valence-electron chi connectivity index (χ2n) is 4.91. The monoisotopic (exact) mass is 262 g/mol. The number of benzene rings is 1. The van der Waals surface area contributed by atoms with Crippen molar-refractivity contribution in [2.24, 2.45) is 10.7 Å². The number of thioether (sulfide) groups is 1. The molecule has 96 valence electrons. The molecule has 3 nitrogen and oxygen atoms in total. The van der Waals surface area contributed by atoms with Crippen molar-refractivity contribution in [2.75, 3.05) is 5.75 Å². The predicted molar refractivity (Wildman–Crippen MR) is 78.6 cm³/mol. The zero-order valence-electron chi connectivity index (χ0n) is 10.6. The summed E-state index contributed by atoms with van der Waals surface area (Å²) in [6.45, 7) is 3.57. The Labute approximate surface area is 112 Å². The largest absolute Gasteiger partial charge is 0.398 e. The average molecular weight is 262 g/mol. The van der Waals surface area contributed by atoms with E-state index in [0.717, 1.165) is 16.4 Å². The van der Waals surface area contributed by atoms with Gasteiger partial charge in [0.05, 0.1) is 16.7 Å². The third-order valence-electron chi connectivity index (χ3n) is 2.87. The van der Waals surface area contributed by atoms with Crippen LogP contribution in [0.4, 0.5) is 0 Å². The third-order valence-corrected chi connectivity index (χ3v) is 3.88. The van der Waals surface area contributed by atoms with E-state index in [1.807, 2.05) is 36.4 Å². The molecule has 0 saturated heterocycles. The molecule has 0 aromatic heterocycles. The zero-order chi connectivity index (χ0) is 13.2. The lowest BCUT2D eigenvalue weighted by Crippen LogP contribution is -2.34. The van der Waals surface area contributed by atoms with Gasteiger partial charge in [-0.2, -0.15) is 0 Å². The van der Waals surface area contributed by atoms with E-state index in [9.17, 15) is 5.11 Å². The van der Waals surface area contributed by atoms with Gasteiger partial charge in [-0.05, 0) is 25.5 Å². The number of aliphatic imine (C=N–C) groups is 1. The highest BCUT2D eigenvalue weighted by Gasteiger charge is 2.30. The molecule has 18 heavy (non-hydrogen) atoms. The number of nitrogens with zero attached hydrogens (tertiary/aromatic N) is 1. The fourth-order valence-electron chi connectivity index (χ4n) is 1.68. The van der Waals surface area contributed by atoms with Crippen LogP contribution in [-0.4, -0.2) is 27.5 Å². The molecule has 2 rings (SSSR count). The van der Waals surface area contributed by atoms with Crippen molar-refractivity contribution in [3.8, 4) is 0 Å². The summed E-state index contributed by atoms with van der Waals surface area (Å²) < 4.78 is 0. The van der Waals surface area contributed by atoms with Crippen molar-refractivity contribution in [3.63, 3.8) is 0 Å². The molecule has 0 amide bonds. The molecule has 0 bridgehead atoms.